The van der Waals surface area contributed by atoms with Crippen molar-refractivity contribution in [2.24, 2.45) is 0 Å². The molecule has 0 unspecified atom stereocenters. The summed E-state index contributed by atoms with van der Waals surface area (Å²) in [6, 6.07) is 8.86. The molecule has 4 nitrogen and oxygen atoms in total. The van der Waals surface area contributed by atoms with Crippen molar-refractivity contribution in [1.29, 1.82) is 0 Å². The van der Waals surface area contributed by atoms with Crippen LogP contribution in [0.3, 0.4) is 0 Å². The number of rotatable bonds is 3. The van der Waals surface area contributed by atoms with Crippen molar-refractivity contribution < 1.29 is 22.2 Å². The maximum Gasteiger partial charge on any atom is 0.417 e. The van der Waals surface area contributed by atoms with Gasteiger partial charge in [0.2, 0.25) is 0 Å². The highest BCUT2D eigenvalue weighted by Gasteiger charge is 2.36. The lowest BCUT2D eigenvalue weighted by molar-refractivity contribution is -0.736. The number of H-pyrrole nitrogens is 1. The van der Waals surface area contributed by atoms with Crippen LogP contribution in [0.4, 0.5) is 17.6 Å². The van der Waals surface area contributed by atoms with E-state index in [9.17, 15) is 17.6 Å². The van der Waals surface area contributed by atoms with Crippen molar-refractivity contribution in [3.8, 4) is 11.4 Å². The Kier molecular flexibility index (Phi) is 4.23. The summed E-state index contributed by atoms with van der Waals surface area (Å²) in [6.07, 6.45) is -4.53. The summed E-state index contributed by atoms with van der Waals surface area (Å²) in [5, 5.41) is 9.98. The van der Waals surface area contributed by atoms with Crippen LogP contribution in [0.1, 0.15) is 11.1 Å². The number of halogens is 5. The zero-order valence-electron chi connectivity index (χ0n) is 12.0. The standard InChI is InChI=1S/C15H9ClF4N4/c16-13-7-10(17)6-5-9(13)8-24-14(21-22-23-24)11-3-1-2-4-12(11)15(18,19)20/h1-7H,8H2/p+1. The number of aromatic nitrogens is 4. The van der Waals surface area contributed by atoms with Crippen LogP contribution in [-0.2, 0) is 12.7 Å². The van der Waals surface area contributed by atoms with E-state index in [-0.39, 0.29) is 23.0 Å². The van der Waals surface area contributed by atoms with Crippen LogP contribution in [-0.4, -0.2) is 15.5 Å². The summed E-state index contributed by atoms with van der Waals surface area (Å²) in [5.74, 6) is -0.498. The predicted molar refractivity (Wildman–Crippen MR) is 77.5 cm³/mol. The summed E-state index contributed by atoms with van der Waals surface area (Å²) in [5.41, 5.74) is -0.422. The molecule has 0 aliphatic carbocycles. The summed E-state index contributed by atoms with van der Waals surface area (Å²) in [6.45, 7) is 0.0631. The highest BCUT2D eigenvalue weighted by Crippen LogP contribution is 2.35. The molecule has 0 bridgehead atoms. The molecule has 0 amide bonds. The summed E-state index contributed by atoms with van der Waals surface area (Å²) < 4.78 is 53.9. The largest absolute Gasteiger partial charge is 0.417 e. The van der Waals surface area contributed by atoms with E-state index in [0.29, 0.717) is 5.56 Å². The second kappa shape index (κ2) is 6.20. The Morgan fingerprint density at radius 1 is 1.12 bits per heavy atom. The van der Waals surface area contributed by atoms with E-state index in [4.69, 9.17) is 11.6 Å². The van der Waals surface area contributed by atoms with E-state index >= 15 is 0 Å². The minimum atomic E-state index is -4.53. The first-order chi connectivity index (χ1) is 11.4. The summed E-state index contributed by atoms with van der Waals surface area (Å²) in [7, 11) is 0. The Bertz CT molecular complexity index is 876. The number of benzene rings is 2. The van der Waals surface area contributed by atoms with Crippen molar-refractivity contribution in [3.63, 3.8) is 0 Å². The van der Waals surface area contributed by atoms with Gasteiger partial charge in [0.15, 0.2) is 5.21 Å². The van der Waals surface area contributed by atoms with Crippen molar-refractivity contribution in [1.82, 2.24) is 15.5 Å². The van der Waals surface area contributed by atoms with E-state index in [1.54, 1.807) is 0 Å². The van der Waals surface area contributed by atoms with Crippen molar-refractivity contribution >= 4 is 11.6 Å². The van der Waals surface area contributed by atoms with Gasteiger partial charge in [0.05, 0.1) is 11.1 Å². The van der Waals surface area contributed by atoms with Crippen molar-refractivity contribution in [2.45, 2.75) is 12.7 Å². The molecule has 0 saturated heterocycles. The maximum absolute atomic E-state index is 13.2. The molecule has 0 aliphatic rings. The van der Waals surface area contributed by atoms with Crippen LogP contribution in [0.2, 0.25) is 5.02 Å². The van der Waals surface area contributed by atoms with E-state index in [1.807, 2.05) is 0 Å². The van der Waals surface area contributed by atoms with Gasteiger partial charge in [-0.25, -0.2) is 4.39 Å². The number of nitrogens with one attached hydrogen (secondary N) is 1. The van der Waals surface area contributed by atoms with Crippen LogP contribution in [0.15, 0.2) is 42.5 Å². The predicted octanol–water partition coefficient (Wildman–Crippen LogP) is 3.62. The highest BCUT2D eigenvalue weighted by molar-refractivity contribution is 6.31. The smallest absolute Gasteiger partial charge is 0.207 e. The number of hydrogen-bond acceptors (Lipinski definition) is 2. The molecular weight excluding hydrogens is 348 g/mol. The lowest BCUT2D eigenvalue weighted by Crippen LogP contribution is -2.39. The molecule has 2 aromatic carbocycles. The normalized spacial score (nSPS) is 11.7. The molecule has 0 atom stereocenters. The second-order valence-electron chi connectivity index (χ2n) is 4.99. The lowest BCUT2D eigenvalue weighted by Gasteiger charge is -2.10. The van der Waals surface area contributed by atoms with Gasteiger partial charge in [0.1, 0.15) is 17.5 Å². The number of aromatic amines is 1. The number of tetrazole rings is 1. The Morgan fingerprint density at radius 2 is 1.88 bits per heavy atom. The Balaban J connectivity index is 2.03. The fourth-order valence-corrected chi connectivity index (χ4v) is 2.51. The third kappa shape index (κ3) is 3.23. The molecule has 3 rings (SSSR count). The maximum atomic E-state index is 13.2. The van der Waals surface area contributed by atoms with Crippen LogP contribution in [0.25, 0.3) is 11.4 Å². The lowest BCUT2D eigenvalue weighted by atomic mass is 10.1. The van der Waals surface area contributed by atoms with Gasteiger partial charge in [-0.15, -0.1) is 0 Å². The van der Waals surface area contributed by atoms with E-state index in [0.717, 1.165) is 12.1 Å². The first-order valence-electron chi connectivity index (χ1n) is 6.77. The molecule has 1 aromatic heterocycles. The van der Waals surface area contributed by atoms with Gasteiger partial charge < -0.3 is 0 Å². The molecule has 0 fully saturated rings. The summed E-state index contributed by atoms with van der Waals surface area (Å²) >= 11 is 5.96. The second-order valence-corrected chi connectivity index (χ2v) is 5.40. The van der Waals surface area contributed by atoms with Crippen LogP contribution < -0.4 is 4.68 Å². The average molecular weight is 358 g/mol. The van der Waals surface area contributed by atoms with Crippen LogP contribution in [0, 0.1) is 5.82 Å². The molecule has 0 saturated carbocycles. The third-order valence-electron chi connectivity index (χ3n) is 3.38. The van der Waals surface area contributed by atoms with Gasteiger partial charge in [-0.2, -0.15) is 17.9 Å². The molecular formula is C15H10ClF4N4+. The van der Waals surface area contributed by atoms with Gasteiger partial charge in [0.25, 0.3) is 0 Å². The van der Waals surface area contributed by atoms with E-state index in [1.165, 1.54) is 35.0 Å². The number of hydrogen-bond donors (Lipinski definition) is 1. The van der Waals surface area contributed by atoms with Gasteiger partial charge in [-0.1, -0.05) is 35.0 Å². The molecule has 0 radical (unpaired) electrons. The zero-order valence-corrected chi connectivity index (χ0v) is 12.7. The first-order valence-corrected chi connectivity index (χ1v) is 7.15. The fraction of sp³-hybridized carbons (Fsp3) is 0.133. The van der Waals surface area contributed by atoms with Gasteiger partial charge in [-0.05, 0) is 24.3 Å². The Morgan fingerprint density at radius 3 is 2.58 bits per heavy atom. The SMILES string of the molecule is Fc1ccc(C[n+]2[nH]nnc2-c2ccccc2C(F)(F)F)c(Cl)c1. The van der Waals surface area contributed by atoms with Gasteiger partial charge in [-0.3, -0.25) is 0 Å². The van der Waals surface area contributed by atoms with Crippen molar-refractivity contribution in [3.05, 3.63) is 64.4 Å². The van der Waals surface area contributed by atoms with Gasteiger partial charge >= 0.3 is 12.0 Å². The van der Waals surface area contributed by atoms with Crippen molar-refractivity contribution in [2.75, 3.05) is 0 Å². The number of nitrogens with zero attached hydrogens (tertiary/aromatic N) is 3. The van der Waals surface area contributed by atoms with Crippen LogP contribution >= 0.6 is 11.6 Å². The zero-order chi connectivity index (χ0) is 17.3. The van der Waals surface area contributed by atoms with Gasteiger partial charge in [0, 0.05) is 10.6 Å². The molecule has 1 N–H and O–H groups in total. The molecule has 9 heteroatoms. The molecule has 0 aliphatic heterocycles. The van der Waals surface area contributed by atoms with Crippen LogP contribution in [0.5, 0.6) is 0 Å². The molecule has 124 valence electrons. The minimum Gasteiger partial charge on any atom is -0.207 e. The quantitative estimate of drug-likeness (QED) is 0.575. The average Bonchev–Trinajstić information content (AvgIpc) is 2.97. The third-order valence-corrected chi connectivity index (χ3v) is 3.73. The van der Waals surface area contributed by atoms with E-state index < -0.39 is 17.6 Å². The monoisotopic (exact) mass is 357 g/mol. The minimum absolute atomic E-state index is 0.00307. The fourth-order valence-electron chi connectivity index (χ4n) is 2.28. The Labute approximate surface area is 138 Å². The topological polar surface area (TPSA) is 45.5 Å². The Hall–Kier alpha value is -2.48. The highest BCUT2D eigenvalue weighted by atomic mass is 35.5. The molecule has 1 heterocycles. The molecule has 0 spiro atoms. The number of alkyl halides is 3. The van der Waals surface area contributed by atoms with E-state index in [2.05, 4.69) is 15.5 Å². The summed E-state index contributed by atoms with van der Waals surface area (Å²) in [4.78, 5) is 0. The first kappa shape index (κ1) is 16.4. The molecule has 3 aromatic rings. The molecule has 24 heavy (non-hydrogen) atoms.